The van der Waals surface area contributed by atoms with Crippen molar-refractivity contribution in [1.82, 2.24) is 19.3 Å². The van der Waals surface area contributed by atoms with Gasteiger partial charge >= 0.3 is 0 Å². The number of anilines is 1. The minimum atomic E-state index is -0.204. The lowest BCUT2D eigenvalue weighted by Gasteiger charge is -2.30. The zero-order chi connectivity index (χ0) is 17.3. The highest BCUT2D eigenvalue weighted by Gasteiger charge is 2.21. The zero-order valence-electron chi connectivity index (χ0n) is 14.7. The van der Waals surface area contributed by atoms with Crippen LogP contribution in [0.15, 0.2) is 17.1 Å². The smallest absolute Gasteiger partial charge is 0.251 e. The van der Waals surface area contributed by atoms with Crippen LogP contribution in [0.4, 0.5) is 5.95 Å². The van der Waals surface area contributed by atoms with Crippen molar-refractivity contribution in [2.75, 3.05) is 24.7 Å². The molecular formula is C14H22B3N5OS. The first-order valence-electron chi connectivity index (χ1n) is 8.33. The summed E-state index contributed by atoms with van der Waals surface area (Å²) in [6, 6.07) is 2.28. The van der Waals surface area contributed by atoms with Crippen molar-refractivity contribution in [2.24, 2.45) is 0 Å². The maximum Gasteiger partial charge on any atom is 0.251 e. The summed E-state index contributed by atoms with van der Waals surface area (Å²) in [4.78, 5) is 24.1. The van der Waals surface area contributed by atoms with Gasteiger partial charge in [0.15, 0.2) is 0 Å². The van der Waals surface area contributed by atoms with E-state index in [2.05, 4.69) is 30.8 Å². The normalized spacial score (nSPS) is 17.2. The number of aromatic amines is 1. The monoisotopic (exact) mass is 341 g/mol. The molecule has 2 aromatic heterocycles. The van der Waals surface area contributed by atoms with E-state index in [9.17, 15) is 4.79 Å². The summed E-state index contributed by atoms with van der Waals surface area (Å²) in [5, 5.41) is 4.06. The van der Waals surface area contributed by atoms with E-state index in [0.717, 1.165) is 36.9 Å². The molecule has 0 aliphatic carbocycles. The predicted octanol–water partition coefficient (Wildman–Crippen LogP) is -1.52. The average Bonchev–Trinajstić information content (AvgIpc) is 2.54. The Morgan fingerprint density at radius 1 is 1.38 bits per heavy atom. The summed E-state index contributed by atoms with van der Waals surface area (Å²) in [6.07, 6.45) is 6.04. The van der Waals surface area contributed by atoms with E-state index in [1.54, 1.807) is 18.1 Å². The number of piperidine rings is 1. The van der Waals surface area contributed by atoms with E-state index >= 15 is 0 Å². The quantitative estimate of drug-likeness (QED) is 0.520. The second-order valence-electron chi connectivity index (χ2n) is 7.29. The zero-order valence-corrected chi connectivity index (χ0v) is 15.5. The summed E-state index contributed by atoms with van der Waals surface area (Å²) in [5.74, 6) is 0.587. The van der Waals surface area contributed by atoms with Gasteiger partial charge in [0.2, 0.25) is 5.95 Å². The van der Waals surface area contributed by atoms with Crippen LogP contribution in [0.3, 0.4) is 0 Å². The lowest BCUT2D eigenvalue weighted by Crippen LogP contribution is -2.36. The molecule has 0 spiro atoms. The molecule has 0 amide bonds. The standard InChI is InChI=1S/C14H22B3N5OS/c1-24-22-4-2-9(3-5-22)19-13-18-7-8-6-10(14(15,16)17)12(23)20-11(8)21-13/h6-7,9H,2-5,15-17H2,1H3,(H2,18,19,20,21,23). The molecule has 2 N–H and O–H groups in total. The van der Waals surface area contributed by atoms with Crippen LogP contribution >= 0.6 is 11.9 Å². The molecule has 124 valence electrons. The van der Waals surface area contributed by atoms with Crippen molar-refractivity contribution in [3.63, 3.8) is 0 Å². The molecule has 0 aromatic carbocycles. The molecule has 2 aromatic rings. The van der Waals surface area contributed by atoms with Crippen LogP contribution in [0.1, 0.15) is 18.4 Å². The van der Waals surface area contributed by atoms with Crippen LogP contribution in [0, 0.1) is 0 Å². The molecule has 1 fully saturated rings. The van der Waals surface area contributed by atoms with Gasteiger partial charge in [-0.3, -0.25) is 9.10 Å². The average molecular weight is 341 g/mol. The molecular weight excluding hydrogens is 319 g/mol. The first-order chi connectivity index (χ1) is 11.4. The topological polar surface area (TPSA) is 73.9 Å². The Balaban J connectivity index is 1.81. The highest BCUT2D eigenvalue weighted by atomic mass is 32.2. The number of aromatic nitrogens is 3. The van der Waals surface area contributed by atoms with Crippen molar-refractivity contribution in [3.8, 4) is 0 Å². The third kappa shape index (κ3) is 3.80. The Labute approximate surface area is 149 Å². The Kier molecular flexibility index (Phi) is 4.96. The Bertz CT molecular complexity index is 786. The van der Waals surface area contributed by atoms with Crippen LogP contribution < -0.4 is 10.9 Å². The lowest BCUT2D eigenvalue weighted by atomic mass is 9.40. The van der Waals surface area contributed by atoms with Gasteiger partial charge in [0.05, 0.1) is 23.5 Å². The van der Waals surface area contributed by atoms with Crippen LogP contribution in [0.2, 0.25) is 0 Å². The molecule has 0 saturated carbocycles. The highest BCUT2D eigenvalue weighted by Crippen LogP contribution is 2.20. The Morgan fingerprint density at radius 3 is 2.71 bits per heavy atom. The van der Waals surface area contributed by atoms with Crippen molar-refractivity contribution in [1.29, 1.82) is 0 Å². The summed E-state index contributed by atoms with van der Waals surface area (Å²) >= 11 is 1.80. The molecule has 0 bridgehead atoms. The molecule has 0 atom stereocenters. The number of H-pyrrole nitrogens is 1. The van der Waals surface area contributed by atoms with Gasteiger partial charge in [0, 0.05) is 36.3 Å². The molecule has 1 saturated heterocycles. The molecule has 0 unspecified atom stereocenters. The summed E-state index contributed by atoms with van der Waals surface area (Å²) in [6.45, 7) is 2.14. The first kappa shape index (κ1) is 17.4. The molecule has 1 aliphatic rings. The predicted molar refractivity (Wildman–Crippen MR) is 109 cm³/mol. The fraction of sp³-hybridized carbons (Fsp3) is 0.500. The minimum Gasteiger partial charge on any atom is -0.351 e. The Hall–Kier alpha value is -1.41. The summed E-state index contributed by atoms with van der Waals surface area (Å²) < 4.78 is 2.37. The third-order valence-electron chi connectivity index (χ3n) is 4.45. The number of pyridine rings is 1. The van der Waals surface area contributed by atoms with Gasteiger partial charge in [-0.05, 0) is 25.2 Å². The fourth-order valence-electron chi connectivity index (χ4n) is 2.98. The second kappa shape index (κ2) is 6.84. The highest BCUT2D eigenvalue weighted by molar-refractivity contribution is 7.96. The second-order valence-corrected chi connectivity index (χ2v) is 8.17. The molecule has 24 heavy (non-hydrogen) atoms. The van der Waals surface area contributed by atoms with Gasteiger partial charge in [-0.15, -0.1) is 0 Å². The van der Waals surface area contributed by atoms with Crippen molar-refractivity contribution >= 4 is 52.5 Å². The third-order valence-corrected chi connectivity index (χ3v) is 5.33. The number of hydrogen-bond donors (Lipinski definition) is 2. The summed E-state index contributed by atoms with van der Waals surface area (Å²) in [7, 11) is 6.09. The van der Waals surface area contributed by atoms with Gasteiger partial charge in [-0.1, -0.05) is 17.1 Å². The molecule has 6 nitrogen and oxygen atoms in total. The molecule has 3 heterocycles. The van der Waals surface area contributed by atoms with Crippen LogP contribution in [-0.4, -0.2) is 68.2 Å². The largest absolute Gasteiger partial charge is 0.351 e. The van der Waals surface area contributed by atoms with E-state index in [0.29, 0.717) is 17.6 Å². The lowest BCUT2D eigenvalue weighted by molar-refractivity contribution is 0.358. The Morgan fingerprint density at radius 2 is 2.08 bits per heavy atom. The molecule has 3 rings (SSSR count). The van der Waals surface area contributed by atoms with Crippen LogP contribution in [-0.2, 0) is 5.11 Å². The number of fused-ring (bicyclic) bond motifs is 1. The fourth-order valence-corrected chi connectivity index (χ4v) is 3.56. The number of rotatable bonds is 4. The molecule has 1 aliphatic heterocycles. The maximum absolute atomic E-state index is 12.3. The van der Waals surface area contributed by atoms with Crippen LogP contribution in [0.25, 0.3) is 11.0 Å². The van der Waals surface area contributed by atoms with E-state index < -0.39 is 0 Å². The number of hydrogen-bond acceptors (Lipinski definition) is 6. The number of nitrogens with zero attached hydrogens (tertiary/aromatic N) is 3. The minimum absolute atomic E-state index is 0.0760. The van der Waals surface area contributed by atoms with Gasteiger partial charge < -0.3 is 10.3 Å². The van der Waals surface area contributed by atoms with Crippen molar-refractivity contribution < 1.29 is 0 Å². The van der Waals surface area contributed by atoms with Gasteiger partial charge in [-0.2, -0.15) is 4.98 Å². The summed E-state index contributed by atoms with van der Waals surface area (Å²) in [5.41, 5.74) is 1.27. The van der Waals surface area contributed by atoms with E-state index in [1.165, 1.54) is 0 Å². The van der Waals surface area contributed by atoms with Crippen LogP contribution in [0.5, 0.6) is 0 Å². The molecule has 10 heteroatoms. The van der Waals surface area contributed by atoms with Gasteiger partial charge in [-0.25, -0.2) is 4.98 Å². The number of nitrogens with one attached hydrogen (secondary N) is 2. The van der Waals surface area contributed by atoms with E-state index in [4.69, 9.17) is 0 Å². The van der Waals surface area contributed by atoms with Crippen molar-refractivity contribution in [3.05, 3.63) is 28.2 Å². The van der Waals surface area contributed by atoms with Gasteiger partial charge in [0.1, 0.15) is 5.65 Å². The first-order valence-corrected chi connectivity index (χ1v) is 9.51. The molecule has 0 radical (unpaired) electrons. The van der Waals surface area contributed by atoms with Gasteiger partial charge in [0.25, 0.3) is 5.56 Å². The van der Waals surface area contributed by atoms with E-state index in [1.807, 2.05) is 29.6 Å². The van der Waals surface area contributed by atoms with E-state index in [-0.39, 0.29) is 10.7 Å². The van der Waals surface area contributed by atoms with Crippen molar-refractivity contribution in [2.45, 2.75) is 24.0 Å². The SMILES string of the molecule is BC(B)(B)c1cc2cnc(NC3CCN(SC)CC3)nc2[nH]c1=O. The maximum atomic E-state index is 12.3.